The number of rotatable bonds is 11. The summed E-state index contributed by atoms with van der Waals surface area (Å²) in [5.74, 6) is 3.52. The van der Waals surface area contributed by atoms with Crippen molar-refractivity contribution in [2.45, 2.75) is 356 Å². The highest BCUT2D eigenvalue weighted by molar-refractivity contribution is 6.11. The number of aromatic nitrogens is 7. The lowest BCUT2D eigenvalue weighted by Gasteiger charge is -2.28. The molecule has 0 saturated heterocycles. The average molecular weight is 1890 g/mol. The molecule has 0 aliphatic rings. The molecule has 7 heteroatoms. The van der Waals surface area contributed by atoms with E-state index >= 15 is 0 Å². The Morgan fingerprint density at radius 2 is 0.479 bits per heavy atom. The van der Waals surface area contributed by atoms with Crippen molar-refractivity contribution >= 4 is 21.8 Å². The van der Waals surface area contributed by atoms with Crippen LogP contribution in [-0.4, -0.2) is 18.3 Å². The molecule has 0 bridgehead atoms. The minimum absolute atomic E-state index is 0.00316. The van der Waals surface area contributed by atoms with Gasteiger partial charge in [-0.25, -0.2) is 0 Å². The van der Waals surface area contributed by atoms with E-state index in [9.17, 15) is 0 Å². The van der Waals surface area contributed by atoms with Gasteiger partial charge < -0.3 is 4.57 Å². The highest BCUT2D eigenvalue weighted by atomic mass is 15.2. The quantitative estimate of drug-likeness (QED) is 0.116. The maximum absolute atomic E-state index is 2.46. The molecular weight excluding hydrogens is 1720 g/mol. The van der Waals surface area contributed by atoms with Crippen LogP contribution in [0.1, 0.15) is 350 Å². The van der Waals surface area contributed by atoms with Gasteiger partial charge in [-0.2, -0.15) is 27.4 Å². The molecule has 142 heavy (non-hydrogen) atoms. The van der Waals surface area contributed by atoms with Crippen molar-refractivity contribution in [1.82, 2.24) is 18.3 Å². The molecule has 4 heterocycles. The third kappa shape index (κ3) is 21.8. The first kappa shape index (κ1) is 106. The smallest absolute Gasteiger partial charge is 0.263 e. The van der Waals surface area contributed by atoms with E-state index in [2.05, 4.69) is 590 Å². The van der Waals surface area contributed by atoms with Gasteiger partial charge >= 0.3 is 0 Å². The minimum atomic E-state index is 0.00316. The topological polar surface area (TPSA) is 31.4 Å². The van der Waals surface area contributed by atoms with Crippen molar-refractivity contribution in [3.63, 3.8) is 0 Å². The Labute approximate surface area is 856 Å². The van der Waals surface area contributed by atoms with Gasteiger partial charge in [0.2, 0.25) is 0 Å². The second kappa shape index (κ2) is 38.0. The lowest BCUT2D eigenvalue weighted by atomic mass is 9.77. The minimum Gasteiger partial charge on any atom is -0.305 e. The second-order valence-electron chi connectivity index (χ2n) is 53.3. The molecule has 0 aliphatic heterocycles. The number of fused-ring (bicyclic) bond motifs is 3. The van der Waals surface area contributed by atoms with E-state index in [1.807, 2.05) is 0 Å². The molecule has 4 aromatic heterocycles. The number of imidazole rings is 3. The van der Waals surface area contributed by atoms with Crippen molar-refractivity contribution in [2.24, 2.45) is 0 Å². The van der Waals surface area contributed by atoms with Gasteiger partial charge in [0, 0.05) is 59.5 Å². The fraction of sp³-hybridized carbons (Fsp3) is 0.400. The first-order chi connectivity index (χ1) is 65.5. The van der Waals surface area contributed by atoms with Gasteiger partial charge in [-0.3, -0.25) is 0 Å². The zero-order valence-corrected chi connectivity index (χ0v) is 95.0. The summed E-state index contributed by atoms with van der Waals surface area (Å²) in [6.45, 7) is 97.1. The van der Waals surface area contributed by atoms with Crippen LogP contribution >= 0.6 is 0 Å². The number of benzene rings is 12. The van der Waals surface area contributed by atoms with Crippen molar-refractivity contribution in [1.29, 1.82) is 0 Å². The molecule has 0 radical (unpaired) electrons. The highest BCUT2D eigenvalue weighted by Gasteiger charge is 2.37. The van der Waals surface area contributed by atoms with Gasteiger partial charge in [0.15, 0.2) is 5.69 Å². The molecule has 0 N–H and O–H groups in total. The monoisotopic (exact) mass is 1890 g/mol. The Morgan fingerprint density at radius 3 is 0.789 bits per heavy atom. The van der Waals surface area contributed by atoms with Crippen molar-refractivity contribution < 1.29 is 13.7 Å². The first-order valence-electron chi connectivity index (χ1n) is 52.2. The molecular formula is C135H170N7+3. The van der Waals surface area contributed by atoms with Gasteiger partial charge in [0.05, 0.1) is 5.52 Å². The Hall–Kier alpha value is -11.9. The van der Waals surface area contributed by atoms with Crippen LogP contribution in [-0.2, 0) is 65.0 Å². The summed E-state index contributed by atoms with van der Waals surface area (Å²) < 4.78 is 16.8. The molecule has 0 atom stereocenters. The third-order valence-electron chi connectivity index (χ3n) is 29.7. The summed E-state index contributed by atoms with van der Waals surface area (Å²) in [4.78, 5) is 0. The normalized spacial score (nSPS) is 13.0. The zero-order chi connectivity index (χ0) is 105. The molecule has 16 rings (SSSR count). The Bertz CT molecular complexity index is 7130. The fourth-order valence-electron chi connectivity index (χ4n) is 20.5. The van der Waals surface area contributed by atoms with Gasteiger partial charge in [-0.1, -0.05) is 437 Å². The van der Waals surface area contributed by atoms with Crippen LogP contribution in [0.25, 0.3) is 106 Å². The number of para-hydroxylation sites is 5. The van der Waals surface area contributed by atoms with Crippen LogP contribution in [0.2, 0.25) is 0 Å². The second-order valence-corrected chi connectivity index (χ2v) is 53.3. The summed E-state index contributed by atoms with van der Waals surface area (Å²) in [6.07, 6.45) is 13.5. The van der Waals surface area contributed by atoms with E-state index in [4.69, 9.17) is 0 Å². The largest absolute Gasteiger partial charge is 0.305 e. The maximum atomic E-state index is 2.46. The van der Waals surface area contributed by atoms with Gasteiger partial charge in [0.1, 0.15) is 71.1 Å². The Morgan fingerprint density at radius 1 is 0.211 bits per heavy atom. The molecule has 0 unspecified atom stereocenters. The van der Waals surface area contributed by atoms with Crippen LogP contribution in [0.3, 0.4) is 0 Å². The lowest BCUT2D eigenvalue weighted by molar-refractivity contribution is -0.600. The molecule has 742 valence electrons. The van der Waals surface area contributed by atoms with Crippen LogP contribution in [0.5, 0.6) is 0 Å². The lowest BCUT2D eigenvalue weighted by Crippen LogP contribution is -2.34. The summed E-state index contributed by atoms with van der Waals surface area (Å²) >= 11 is 0. The summed E-state index contributed by atoms with van der Waals surface area (Å²) in [6, 6.07) is 87.4. The van der Waals surface area contributed by atoms with E-state index in [1.54, 1.807) is 0 Å². The van der Waals surface area contributed by atoms with E-state index < -0.39 is 0 Å². The standard InChI is InChI=1S/C53H73N2.C45H57N2.C37H40N3/c1-34-45(53(18,19)20)32-42(52(15,16)17)33-46(34)54-24-25-55(35(54)2)47-43(36-26-38(48(3,4)5)30-39(27-36)49(6,7)8)22-21-23-44(47)37-28-40(50(9,10)11)31-41(29-37)51(12,13)14;1-30-39(45(12,13)14)28-36(44(9,10)11)29-40(30)46-26-27-47(31(46)2)41-37(32-18-22-34(23-19-32)42(3,4)5)16-15-17-38(41)33-20-24-35(25-21-33)43(6,7)8;1-25-31(37(6,7)8)23-27(36(3,4)5)24-34(25)39-22-21-38(26(39)2)33-20-14-18-30-29-17-12-13-19-32(29)40(35(30)33)28-15-10-9-11-16-28/h21-33H,1-20H3;15-29H,1-14H3;9-24H,1-8H3/q3*+1. The van der Waals surface area contributed by atoms with E-state index in [0.29, 0.717) is 0 Å². The van der Waals surface area contributed by atoms with Crippen LogP contribution in [0, 0.1) is 41.5 Å². The predicted molar refractivity (Wildman–Crippen MR) is 611 cm³/mol. The van der Waals surface area contributed by atoms with Gasteiger partial charge in [-0.05, 0) is 234 Å². The first-order valence-corrected chi connectivity index (χ1v) is 52.2. The van der Waals surface area contributed by atoms with Crippen LogP contribution in [0.15, 0.2) is 268 Å². The molecule has 0 amide bonds. The predicted octanol–water partition coefficient (Wildman–Crippen LogP) is 35.4. The third-order valence-corrected chi connectivity index (χ3v) is 29.7. The average Bonchev–Trinajstić information content (AvgIpc) is 1.57. The van der Waals surface area contributed by atoms with E-state index in [-0.39, 0.29) is 65.0 Å². The van der Waals surface area contributed by atoms with Crippen molar-refractivity contribution in [3.8, 4) is 84.3 Å². The molecule has 7 nitrogen and oxygen atoms in total. The fourth-order valence-corrected chi connectivity index (χ4v) is 20.5. The van der Waals surface area contributed by atoms with E-state index in [0.717, 1.165) is 0 Å². The Balaban J connectivity index is 0.000000171. The van der Waals surface area contributed by atoms with Crippen LogP contribution in [0.4, 0.5) is 0 Å². The summed E-state index contributed by atoms with van der Waals surface area (Å²) in [5.41, 5.74) is 41.7. The molecule has 16 aromatic rings. The SMILES string of the molecule is Cc1c(-n2cc[n+](-c3c(-c4cc(C(C)(C)C)cc(C(C)(C)C)c4)cccc3-c3cc(C(C)(C)C)cc(C(C)(C)C)c3)c2C)cc(C(C)(C)C)cc1C(C)(C)C.Cc1c(-n2cc[n+](-c3c(-c4ccc(C(C)(C)C)cc4)cccc3-c3ccc(C(C)(C)C)cc3)c2C)cc(C(C)(C)C)cc1C(C)(C)C.Cc1c(-n2cc[n+](-c3cccc4c5ccccc5n(-c5ccccc5)c34)c2C)cc(C(C)(C)C)cc1C(C)(C)C. The van der Waals surface area contributed by atoms with Crippen molar-refractivity contribution in [3.05, 3.63) is 369 Å². The summed E-state index contributed by atoms with van der Waals surface area (Å²) in [5, 5.41) is 2.53. The van der Waals surface area contributed by atoms with Crippen LogP contribution < -0.4 is 13.7 Å². The summed E-state index contributed by atoms with van der Waals surface area (Å²) in [7, 11) is 0. The Kier molecular flexibility index (Phi) is 28.3. The van der Waals surface area contributed by atoms with Gasteiger partial charge in [0.25, 0.3) is 17.5 Å². The zero-order valence-electron chi connectivity index (χ0n) is 95.0. The molecule has 12 aromatic carbocycles. The number of hydrogen-bond donors (Lipinski definition) is 0. The number of hydrogen-bond acceptors (Lipinski definition) is 0. The number of nitrogens with zero attached hydrogens (tertiary/aromatic N) is 7. The molecule has 0 fully saturated rings. The van der Waals surface area contributed by atoms with E-state index in [1.165, 1.54) is 207 Å². The molecule has 0 saturated carbocycles. The maximum Gasteiger partial charge on any atom is 0.263 e. The molecule has 0 spiro atoms. The van der Waals surface area contributed by atoms with Gasteiger partial charge in [-0.15, -0.1) is 0 Å². The van der Waals surface area contributed by atoms with Crippen molar-refractivity contribution in [2.75, 3.05) is 0 Å². The highest BCUT2D eigenvalue weighted by Crippen LogP contribution is 2.47. The molecule has 0 aliphatic carbocycles.